The molecule has 0 bridgehead atoms. The maximum absolute atomic E-state index is 12.0. The van der Waals surface area contributed by atoms with Crippen molar-refractivity contribution >= 4 is 23.0 Å². The van der Waals surface area contributed by atoms with Gasteiger partial charge in [-0.3, -0.25) is 9.53 Å². The molecule has 2 rings (SSSR count). The van der Waals surface area contributed by atoms with Crippen LogP contribution in [0.1, 0.15) is 44.9 Å². The quantitative estimate of drug-likeness (QED) is 0.193. The van der Waals surface area contributed by atoms with E-state index in [0.717, 1.165) is 44.2 Å². The van der Waals surface area contributed by atoms with Crippen LogP contribution < -0.4 is 5.32 Å². The molecule has 0 atom stereocenters. The number of nitrogens with one attached hydrogen (secondary N) is 1. The van der Waals surface area contributed by atoms with Crippen LogP contribution in [-0.4, -0.2) is 18.9 Å². The van der Waals surface area contributed by atoms with Gasteiger partial charge in [0.05, 0.1) is 18.0 Å². The lowest BCUT2D eigenvalue weighted by Crippen LogP contribution is -2.13. The first-order valence-corrected chi connectivity index (χ1v) is 10.7. The first kappa shape index (κ1) is 25.3. The normalized spacial score (nSPS) is 12.0. The number of allylic oxidation sites excluding steroid dienone is 1. The second kappa shape index (κ2) is 14.1. The summed E-state index contributed by atoms with van der Waals surface area (Å²) in [6, 6.07) is 16.5. The minimum Gasteiger partial charge on any atom is -0.323 e. The summed E-state index contributed by atoms with van der Waals surface area (Å²) < 4.78 is 39.2. The minimum absolute atomic E-state index is 0.201. The van der Waals surface area contributed by atoms with Crippen LogP contribution in [0.4, 0.5) is 30.2 Å². The molecule has 0 heterocycles. The van der Waals surface area contributed by atoms with Gasteiger partial charge in [0, 0.05) is 5.69 Å². The fraction of sp³-hybridized carbons (Fsp3) is 0.375. The Morgan fingerprint density at radius 1 is 0.844 bits per heavy atom. The number of rotatable bonds is 13. The van der Waals surface area contributed by atoms with Crippen LogP contribution in [0.25, 0.3) is 0 Å². The fourth-order valence-corrected chi connectivity index (χ4v) is 2.86. The number of azo groups is 1. The van der Waals surface area contributed by atoms with Gasteiger partial charge in [-0.15, -0.1) is 13.2 Å². The van der Waals surface area contributed by atoms with Crippen molar-refractivity contribution in [3.63, 3.8) is 0 Å². The van der Waals surface area contributed by atoms with Crippen LogP contribution in [0.5, 0.6) is 0 Å². The number of amides is 1. The molecule has 1 N–H and O–H groups in total. The van der Waals surface area contributed by atoms with E-state index >= 15 is 0 Å². The van der Waals surface area contributed by atoms with Crippen LogP contribution in [0.15, 0.2) is 77.0 Å². The summed E-state index contributed by atoms with van der Waals surface area (Å²) in [6.45, 7) is -0.276. The molecule has 0 spiro atoms. The Morgan fingerprint density at radius 3 is 2.09 bits per heavy atom. The number of carbonyl (C=O) groups is 1. The molecule has 0 radical (unpaired) electrons. The number of nitrogens with zero attached hydrogens (tertiary/aromatic N) is 2. The van der Waals surface area contributed by atoms with E-state index in [9.17, 15) is 18.0 Å². The number of halogens is 3. The maximum atomic E-state index is 12.0. The molecule has 0 aliphatic rings. The molecule has 0 aromatic heterocycles. The molecule has 0 fully saturated rings. The van der Waals surface area contributed by atoms with Gasteiger partial charge in [-0.25, -0.2) is 0 Å². The maximum Gasteiger partial charge on any atom is 0.522 e. The molecular formula is C24H28F3N3O2. The second-order valence-corrected chi connectivity index (χ2v) is 7.18. The SMILES string of the molecule is O=C(C=CCCCCCCCCOC(F)(F)F)Nc1ccc(N=Nc2ccccc2)cc1. The zero-order chi connectivity index (χ0) is 23.1. The topological polar surface area (TPSA) is 63.0 Å². The molecule has 172 valence electrons. The largest absolute Gasteiger partial charge is 0.522 e. The van der Waals surface area contributed by atoms with Gasteiger partial charge in [0.1, 0.15) is 0 Å². The number of hydrogen-bond acceptors (Lipinski definition) is 4. The Morgan fingerprint density at radius 2 is 1.44 bits per heavy atom. The van der Waals surface area contributed by atoms with Crippen molar-refractivity contribution in [3.8, 4) is 0 Å². The first-order valence-electron chi connectivity index (χ1n) is 10.7. The first-order chi connectivity index (χ1) is 15.4. The average Bonchev–Trinajstić information content (AvgIpc) is 2.77. The summed E-state index contributed by atoms with van der Waals surface area (Å²) in [5.41, 5.74) is 2.13. The zero-order valence-corrected chi connectivity index (χ0v) is 17.9. The van der Waals surface area contributed by atoms with Crippen LogP contribution >= 0.6 is 0 Å². The summed E-state index contributed by atoms with van der Waals surface area (Å²) in [6.07, 6.45) is 4.48. The standard InChI is InChI=1S/C24H28F3N3O2/c25-24(26,27)32-19-11-6-4-2-1-3-5-10-14-23(31)28-20-15-17-22(18-16-20)30-29-21-12-8-7-9-13-21/h7-10,12-18H,1-6,11,19H2,(H,28,31). The van der Waals surface area contributed by atoms with Crippen LogP contribution in [0.3, 0.4) is 0 Å². The molecule has 1 amide bonds. The Balaban J connectivity index is 1.55. The monoisotopic (exact) mass is 447 g/mol. The number of ether oxygens (including phenoxy) is 1. The zero-order valence-electron chi connectivity index (χ0n) is 17.9. The summed E-state index contributed by atoms with van der Waals surface area (Å²) in [7, 11) is 0. The van der Waals surface area contributed by atoms with Crippen LogP contribution in [-0.2, 0) is 9.53 Å². The predicted octanol–water partition coefficient (Wildman–Crippen LogP) is 7.86. The van der Waals surface area contributed by atoms with E-state index in [1.54, 1.807) is 24.3 Å². The number of alkyl halides is 3. The number of unbranched alkanes of at least 4 members (excludes halogenated alkanes) is 6. The van der Waals surface area contributed by atoms with Crippen molar-refractivity contribution in [3.05, 3.63) is 66.7 Å². The lowest BCUT2D eigenvalue weighted by atomic mass is 10.1. The molecule has 32 heavy (non-hydrogen) atoms. The van der Waals surface area contributed by atoms with Gasteiger partial charge in [0.25, 0.3) is 0 Å². The molecular weight excluding hydrogens is 419 g/mol. The van der Waals surface area contributed by atoms with E-state index < -0.39 is 6.36 Å². The smallest absolute Gasteiger partial charge is 0.323 e. The van der Waals surface area contributed by atoms with E-state index in [4.69, 9.17) is 0 Å². The van der Waals surface area contributed by atoms with Gasteiger partial charge in [0.2, 0.25) is 5.91 Å². The number of hydrogen-bond donors (Lipinski definition) is 1. The Kier molecular flexibility index (Phi) is 11.2. The highest BCUT2D eigenvalue weighted by Crippen LogP contribution is 2.20. The second-order valence-electron chi connectivity index (χ2n) is 7.18. The molecule has 2 aromatic carbocycles. The third-order valence-corrected chi connectivity index (χ3v) is 4.47. The summed E-state index contributed by atoms with van der Waals surface area (Å²) >= 11 is 0. The van der Waals surface area contributed by atoms with Gasteiger partial charge >= 0.3 is 6.36 Å². The van der Waals surface area contributed by atoms with E-state index in [1.165, 1.54) is 6.08 Å². The van der Waals surface area contributed by atoms with Gasteiger partial charge in [-0.1, -0.05) is 50.0 Å². The average molecular weight is 448 g/mol. The van der Waals surface area contributed by atoms with Crippen molar-refractivity contribution in [1.82, 2.24) is 0 Å². The summed E-state index contributed by atoms with van der Waals surface area (Å²) in [5, 5.41) is 11.1. The number of carbonyl (C=O) groups excluding carboxylic acids is 1. The van der Waals surface area contributed by atoms with E-state index in [1.807, 2.05) is 36.4 Å². The van der Waals surface area contributed by atoms with E-state index in [2.05, 4.69) is 20.3 Å². The van der Waals surface area contributed by atoms with Crippen molar-refractivity contribution in [2.75, 3.05) is 11.9 Å². The lowest BCUT2D eigenvalue weighted by molar-refractivity contribution is -0.324. The molecule has 0 unspecified atom stereocenters. The molecule has 0 aliphatic heterocycles. The van der Waals surface area contributed by atoms with E-state index in [-0.39, 0.29) is 12.5 Å². The minimum atomic E-state index is -4.53. The van der Waals surface area contributed by atoms with Gasteiger partial charge in [-0.2, -0.15) is 10.2 Å². The molecule has 2 aromatic rings. The van der Waals surface area contributed by atoms with Gasteiger partial charge in [0.15, 0.2) is 0 Å². The third-order valence-electron chi connectivity index (χ3n) is 4.47. The summed E-state index contributed by atoms with van der Waals surface area (Å²) in [4.78, 5) is 12.0. The Hall–Kier alpha value is -3.00. The van der Waals surface area contributed by atoms with Crippen molar-refractivity contribution in [2.24, 2.45) is 10.2 Å². The van der Waals surface area contributed by atoms with E-state index in [0.29, 0.717) is 17.8 Å². The van der Waals surface area contributed by atoms with Crippen LogP contribution in [0.2, 0.25) is 0 Å². The summed E-state index contributed by atoms with van der Waals surface area (Å²) in [5.74, 6) is -0.201. The lowest BCUT2D eigenvalue weighted by Gasteiger charge is -2.06. The molecule has 0 aliphatic carbocycles. The predicted molar refractivity (Wildman–Crippen MR) is 119 cm³/mol. The fourth-order valence-electron chi connectivity index (χ4n) is 2.86. The van der Waals surface area contributed by atoms with Gasteiger partial charge < -0.3 is 5.32 Å². The third kappa shape index (κ3) is 12.0. The highest BCUT2D eigenvalue weighted by atomic mass is 19.4. The highest BCUT2D eigenvalue weighted by Gasteiger charge is 2.28. The number of benzene rings is 2. The van der Waals surface area contributed by atoms with Crippen molar-refractivity contribution < 1.29 is 22.7 Å². The number of anilines is 1. The Labute approximate surface area is 186 Å². The van der Waals surface area contributed by atoms with Gasteiger partial charge in [-0.05, 0) is 61.7 Å². The van der Waals surface area contributed by atoms with Crippen molar-refractivity contribution in [2.45, 2.75) is 51.3 Å². The highest BCUT2D eigenvalue weighted by molar-refractivity contribution is 5.99. The Bertz CT molecular complexity index is 851. The molecule has 8 heteroatoms. The van der Waals surface area contributed by atoms with Crippen molar-refractivity contribution in [1.29, 1.82) is 0 Å². The molecule has 5 nitrogen and oxygen atoms in total. The molecule has 0 saturated heterocycles. The van der Waals surface area contributed by atoms with Crippen LogP contribution in [0, 0.1) is 0 Å². The molecule has 0 saturated carbocycles.